The first-order chi connectivity index (χ1) is 8.72. The largest absolute Gasteiger partial charge is 0.393 e. The Bertz CT molecular complexity index is 269. The van der Waals surface area contributed by atoms with Crippen molar-refractivity contribution in [3.05, 3.63) is 0 Å². The van der Waals surface area contributed by atoms with Crippen molar-refractivity contribution in [1.82, 2.24) is 4.90 Å². The highest BCUT2D eigenvalue weighted by Crippen LogP contribution is 2.36. The van der Waals surface area contributed by atoms with Crippen LogP contribution in [0.4, 0.5) is 0 Å². The second kappa shape index (κ2) is 6.53. The van der Waals surface area contributed by atoms with Gasteiger partial charge in [-0.05, 0) is 45.1 Å². The van der Waals surface area contributed by atoms with Gasteiger partial charge >= 0.3 is 0 Å². The van der Waals surface area contributed by atoms with Gasteiger partial charge in [-0.3, -0.25) is 4.79 Å². The summed E-state index contributed by atoms with van der Waals surface area (Å²) in [4.78, 5) is 14.3. The Labute approximate surface area is 110 Å². The molecule has 2 rings (SSSR count). The van der Waals surface area contributed by atoms with Crippen molar-refractivity contribution >= 4 is 5.91 Å². The Balaban J connectivity index is 1.73. The average molecular weight is 254 g/mol. The Kier molecular flexibility index (Phi) is 5.01. The average Bonchev–Trinajstić information content (AvgIpc) is 2.61. The predicted molar refractivity (Wildman–Crippen MR) is 71.0 cm³/mol. The molecule has 0 aromatic heterocycles. The summed E-state index contributed by atoms with van der Waals surface area (Å²) in [5.74, 6) is 0.308. The van der Waals surface area contributed by atoms with Crippen LogP contribution >= 0.6 is 0 Å². The minimum absolute atomic E-state index is 0.184. The van der Waals surface area contributed by atoms with Crippen molar-refractivity contribution in [2.24, 2.45) is 5.73 Å². The van der Waals surface area contributed by atoms with E-state index in [1.165, 1.54) is 0 Å². The second-order valence-corrected chi connectivity index (χ2v) is 5.76. The van der Waals surface area contributed by atoms with E-state index in [4.69, 9.17) is 5.73 Å². The molecule has 2 saturated heterocycles. The summed E-state index contributed by atoms with van der Waals surface area (Å²) in [6.07, 6.45) is 8.52. The van der Waals surface area contributed by atoms with Crippen molar-refractivity contribution in [2.75, 3.05) is 6.54 Å². The number of carbonyl (C=O) groups is 1. The number of aliphatic hydroxyl groups is 1. The van der Waals surface area contributed by atoms with Gasteiger partial charge in [-0.15, -0.1) is 0 Å². The Morgan fingerprint density at radius 2 is 1.72 bits per heavy atom. The molecule has 4 heteroatoms. The molecule has 2 atom stereocenters. The summed E-state index contributed by atoms with van der Waals surface area (Å²) in [5, 5.41) is 9.71. The lowest BCUT2D eigenvalue weighted by Crippen LogP contribution is -2.47. The molecular formula is C14H26N2O2. The molecule has 1 amide bonds. The van der Waals surface area contributed by atoms with Crippen molar-refractivity contribution in [1.29, 1.82) is 0 Å². The van der Waals surface area contributed by atoms with Crippen LogP contribution in [-0.4, -0.2) is 40.6 Å². The Hall–Kier alpha value is -0.610. The fraction of sp³-hybridized carbons (Fsp3) is 0.929. The number of carbonyl (C=O) groups excluding carboxylic acids is 1. The summed E-state index contributed by atoms with van der Waals surface area (Å²) in [6.45, 7) is 0.752. The predicted octanol–water partition coefficient (Wildman–Crippen LogP) is 1.41. The molecule has 0 radical (unpaired) electrons. The van der Waals surface area contributed by atoms with Gasteiger partial charge in [0.2, 0.25) is 5.91 Å². The molecule has 104 valence electrons. The molecule has 0 aromatic rings. The maximum absolute atomic E-state index is 12.2. The number of hydrogen-bond donors (Lipinski definition) is 2. The van der Waals surface area contributed by atoms with Crippen molar-refractivity contribution in [3.8, 4) is 0 Å². The van der Waals surface area contributed by atoms with Gasteiger partial charge in [0.15, 0.2) is 0 Å². The third-order valence-corrected chi connectivity index (χ3v) is 4.34. The van der Waals surface area contributed by atoms with Gasteiger partial charge in [-0.2, -0.15) is 0 Å². The summed E-state index contributed by atoms with van der Waals surface area (Å²) < 4.78 is 0. The molecule has 2 heterocycles. The van der Waals surface area contributed by atoms with Crippen molar-refractivity contribution in [3.63, 3.8) is 0 Å². The van der Waals surface area contributed by atoms with E-state index in [0.29, 0.717) is 24.4 Å². The van der Waals surface area contributed by atoms with Gasteiger partial charge in [-0.1, -0.05) is 12.8 Å². The first kappa shape index (κ1) is 13.8. The van der Waals surface area contributed by atoms with E-state index < -0.39 is 0 Å². The quantitative estimate of drug-likeness (QED) is 0.704. The molecule has 0 aliphatic carbocycles. The molecular weight excluding hydrogens is 228 g/mol. The van der Waals surface area contributed by atoms with Crippen LogP contribution in [0.2, 0.25) is 0 Å². The fourth-order valence-corrected chi connectivity index (χ4v) is 3.46. The lowest BCUT2D eigenvalue weighted by Gasteiger charge is -2.37. The summed E-state index contributed by atoms with van der Waals surface area (Å²) in [6, 6.07) is 0.630. The molecule has 2 aliphatic heterocycles. The first-order valence-corrected chi connectivity index (χ1v) is 7.41. The van der Waals surface area contributed by atoms with Crippen LogP contribution in [0.25, 0.3) is 0 Å². The number of piperidine rings is 1. The van der Waals surface area contributed by atoms with E-state index >= 15 is 0 Å². The molecule has 2 unspecified atom stereocenters. The Morgan fingerprint density at radius 1 is 1.11 bits per heavy atom. The SMILES string of the molecule is NCCCCCCC(=O)N1C2CCC1CC(O)C2. The minimum atomic E-state index is -0.184. The topological polar surface area (TPSA) is 66.6 Å². The second-order valence-electron chi connectivity index (χ2n) is 5.76. The normalized spacial score (nSPS) is 30.8. The Morgan fingerprint density at radius 3 is 2.33 bits per heavy atom. The zero-order chi connectivity index (χ0) is 13.0. The molecule has 18 heavy (non-hydrogen) atoms. The molecule has 2 bridgehead atoms. The van der Waals surface area contributed by atoms with Crippen LogP contribution in [-0.2, 0) is 4.79 Å². The van der Waals surface area contributed by atoms with Gasteiger partial charge in [0.1, 0.15) is 0 Å². The number of unbranched alkanes of at least 4 members (excludes halogenated alkanes) is 3. The summed E-state index contributed by atoms with van der Waals surface area (Å²) in [5.41, 5.74) is 5.45. The smallest absolute Gasteiger partial charge is 0.223 e. The zero-order valence-electron chi connectivity index (χ0n) is 11.2. The fourth-order valence-electron chi connectivity index (χ4n) is 3.46. The highest BCUT2D eigenvalue weighted by Gasteiger charge is 2.42. The number of fused-ring (bicyclic) bond motifs is 2. The molecule has 0 spiro atoms. The van der Waals surface area contributed by atoms with Crippen LogP contribution in [0.15, 0.2) is 0 Å². The number of hydrogen-bond acceptors (Lipinski definition) is 3. The van der Waals surface area contributed by atoms with Crippen LogP contribution in [0.3, 0.4) is 0 Å². The lowest BCUT2D eigenvalue weighted by molar-refractivity contribution is -0.137. The van der Waals surface area contributed by atoms with Crippen LogP contribution in [0, 0.1) is 0 Å². The molecule has 0 aromatic carbocycles. The standard InChI is InChI=1S/C14H26N2O2/c15-8-4-2-1-3-5-14(18)16-11-6-7-12(16)10-13(17)9-11/h11-13,17H,1-10,15H2. The van der Waals surface area contributed by atoms with Gasteiger partial charge in [0, 0.05) is 18.5 Å². The van der Waals surface area contributed by atoms with E-state index in [9.17, 15) is 9.90 Å². The summed E-state index contributed by atoms with van der Waals surface area (Å²) in [7, 11) is 0. The van der Waals surface area contributed by atoms with E-state index in [0.717, 1.165) is 57.9 Å². The number of rotatable bonds is 6. The van der Waals surface area contributed by atoms with Crippen LogP contribution < -0.4 is 5.73 Å². The molecule has 3 N–H and O–H groups in total. The molecule has 4 nitrogen and oxygen atoms in total. The van der Waals surface area contributed by atoms with Crippen molar-refractivity contribution < 1.29 is 9.90 Å². The van der Waals surface area contributed by atoms with Gasteiger partial charge in [-0.25, -0.2) is 0 Å². The third-order valence-electron chi connectivity index (χ3n) is 4.34. The van der Waals surface area contributed by atoms with Crippen molar-refractivity contribution in [2.45, 2.75) is 76.0 Å². The highest BCUT2D eigenvalue weighted by atomic mass is 16.3. The minimum Gasteiger partial charge on any atom is -0.393 e. The monoisotopic (exact) mass is 254 g/mol. The van der Waals surface area contributed by atoms with Gasteiger partial charge in [0.25, 0.3) is 0 Å². The van der Waals surface area contributed by atoms with E-state index in [2.05, 4.69) is 4.90 Å². The molecule has 0 saturated carbocycles. The number of nitrogens with two attached hydrogens (primary N) is 1. The third kappa shape index (κ3) is 3.23. The van der Waals surface area contributed by atoms with E-state index in [-0.39, 0.29) is 6.10 Å². The van der Waals surface area contributed by atoms with E-state index in [1.54, 1.807) is 0 Å². The molecule has 2 fully saturated rings. The maximum atomic E-state index is 12.2. The summed E-state index contributed by atoms with van der Waals surface area (Å²) >= 11 is 0. The number of nitrogens with zero attached hydrogens (tertiary/aromatic N) is 1. The number of amides is 1. The number of aliphatic hydroxyl groups excluding tert-OH is 1. The van der Waals surface area contributed by atoms with Gasteiger partial charge in [0.05, 0.1) is 6.10 Å². The van der Waals surface area contributed by atoms with Gasteiger partial charge < -0.3 is 15.7 Å². The first-order valence-electron chi connectivity index (χ1n) is 7.41. The maximum Gasteiger partial charge on any atom is 0.223 e. The zero-order valence-corrected chi connectivity index (χ0v) is 11.2. The van der Waals surface area contributed by atoms with Crippen LogP contribution in [0.5, 0.6) is 0 Å². The molecule has 2 aliphatic rings. The van der Waals surface area contributed by atoms with E-state index in [1.807, 2.05) is 0 Å². The van der Waals surface area contributed by atoms with Crippen LogP contribution in [0.1, 0.15) is 57.8 Å². The highest BCUT2D eigenvalue weighted by molar-refractivity contribution is 5.77. The lowest BCUT2D eigenvalue weighted by atomic mass is 9.99.